The Morgan fingerprint density at radius 1 is 1.50 bits per heavy atom. The maximum absolute atomic E-state index is 4.06. The molecule has 0 N–H and O–H groups in total. The predicted octanol–water partition coefficient (Wildman–Crippen LogP) is 2.05. The van der Waals surface area contributed by atoms with Gasteiger partial charge in [-0.1, -0.05) is 6.92 Å². The van der Waals surface area contributed by atoms with Gasteiger partial charge in [0, 0.05) is 12.6 Å². The Labute approximate surface area is 78.6 Å². The highest BCUT2D eigenvalue weighted by Gasteiger charge is 2.04. The van der Waals surface area contributed by atoms with Crippen molar-refractivity contribution in [3.05, 3.63) is 28.6 Å². The lowest BCUT2D eigenvalue weighted by molar-refractivity contribution is 0.909. The van der Waals surface area contributed by atoms with Crippen molar-refractivity contribution in [2.75, 3.05) is 0 Å². The molecule has 2 aromatic heterocycles. The zero-order valence-electron chi connectivity index (χ0n) is 6.66. The Hall–Kier alpha value is -0.900. The van der Waals surface area contributed by atoms with Crippen LogP contribution in [0, 0.1) is 0 Å². The molecule has 0 radical (unpaired) electrons. The van der Waals surface area contributed by atoms with Gasteiger partial charge in [-0.15, -0.1) is 10.2 Å². The second-order valence-electron chi connectivity index (χ2n) is 2.52. The molecule has 3 nitrogen and oxygen atoms in total. The van der Waals surface area contributed by atoms with Crippen LogP contribution in [0.2, 0.25) is 0 Å². The molecule has 0 aromatic carbocycles. The van der Waals surface area contributed by atoms with Crippen LogP contribution >= 0.6 is 15.9 Å². The molecule has 0 saturated carbocycles. The highest BCUT2D eigenvalue weighted by Crippen LogP contribution is 2.15. The molecular formula is C8H8BrN3. The van der Waals surface area contributed by atoms with Gasteiger partial charge in [0.05, 0.1) is 4.47 Å². The number of hydrogen-bond donors (Lipinski definition) is 0. The van der Waals surface area contributed by atoms with Crippen molar-refractivity contribution in [2.45, 2.75) is 13.3 Å². The third kappa shape index (κ3) is 1.03. The van der Waals surface area contributed by atoms with Crippen LogP contribution in [0.5, 0.6) is 0 Å². The second-order valence-corrected chi connectivity index (χ2v) is 3.37. The van der Waals surface area contributed by atoms with E-state index in [1.54, 1.807) is 0 Å². The van der Waals surface area contributed by atoms with Crippen molar-refractivity contribution in [3.63, 3.8) is 0 Å². The molecule has 0 bridgehead atoms. The molecule has 2 aromatic rings. The monoisotopic (exact) mass is 225 g/mol. The summed E-state index contributed by atoms with van der Waals surface area (Å²) in [7, 11) is 0. The summed E-state index contributed by atoms with van der Waals surface area (Å²) in [4.78, 5) is 0. The standard InChI is InChI=1S/C8H8BrN3/c1-2-7-10-11-8-6(9)4-3-5-12(7)8/h3-5H,2H2,1H3. The first-order valence-corrected chi connectivity index (χ1v) is 4.60. The molecule has 0 atom stereocenters. The van der Waals surface area contributed by atoms with Crippen LogP contribution < -0.4 is 0 Å². The summed E-state index contributed by atoms with van der Waals surface area (Å²) in [6.45, 7) is 2.07. The molecule has 0 saturated heterocycles. The van der Waals surface area contributed by atoms with Crippen molar-refractivity contribution in [1.82, 2.24) is 14.6 Å². The number of fused-ring (bicyclic) bond motifs is 1. The van der Waals surface area contributed by atoms with Crippen LogP contribution in [0.3, 0.4) is 0 Å². The van der Waals surface area contributed by atoms with Crippen molar-refractivity contribution in [2.24, 2.45) is 0 Å². The Morgan fingerprint density at radius 2 is 2.33 bits per heavy atom. The number of pyridine rings is 1. The summed E-state index contributed by atoms with van der Waals surface area (Å²) in [6, 6.07) is 3.93. The van der Waals surface area contributed by atoms with E-state index in [2.05, 4.69) is 33.1 Å². The molecule has 62 valence electrons. The molecule has 0 fully saturated rings. The van der Waals surface area contributed by atoms with Gasteiger partial charge < -0.3 is 0 Å². The van der Waals surface area contributed by atoms with Gasteiger partial charge in [0.25, 0.3) is 0 Å². The number of nitrogens with zero attached hydrogens (tertiary/aromatic N) is 3. The molecule has 0 amide bonds. The minimum atomic E-state index is 0.884. The van der Waals surface area contributed by atoms with Gasteiger partial charge in [-0.25, -0.2) is 0 Å². The van der Waals surface area contributed by atoms with Crippen LogP contribution in [0.15, 0.2) is 22.8 Å². The average molecular weight is 226 g/mol. The van der Waals surface area contributed by atoms with Gasteiger partial charge in [0.2, 0.25) is 0 Å². The molecule has 2 heterocycles. The number of aryl methyl sites for hydroxylation is 1. The minimum Gasteiger partial charge on any atom is -0.286 e. The lowest BCUT2D eigenvalue weighted by Crippen LogP contribution is -1.91. The van der Waals surface area contributed by atoms with E-state index in [-0.39, 0.29) is 0 Å². The zero-order valence-corrected chi connectivity index (χ0v) is 8.24. The van der Waals surface area contributed by atoms with Gasteiger partial charge in [-0.3, -0.25) is 4.40 Å². The van der Waals surface area contributed by atoms with Crippen molar-refractivity contribution in [1.29, 1.82) is 0 Å². The number of hydrogen-bond acceptors (Lipinski definition) is 2. The summed E-state index contributed by atoms with van der Waals surface area (Å²) >= 11 is 3.42. The van der Waals surface area contributed by atoms with E-state index in [0.29, 0.717) is 0 Å². The second kappa shape index (κ2) is 2.86. The SMILES string of the molecule is CCc1nnc2c(Br)cccn12. The number of halogens is 1. The summed E-state index contributed by atoms with van der Waals surface area (Å²) < 4.78 is 2.97. The Balaban J connectivity index is 2.80. The summed E-state index contributed by atoms with van der Waals surface area (Å²) in [5.41, 5.74) is 0.884. The normalized spacial score (nSPS) is 10.8. The van der Waals surface area contributed by atoms with Gasteiger partial charge in [0.1, 0.15) is 5.82 Å². The zero-order chi connectivity index (χ0) is 8.55. The fourth-order valence-corrected chi connectivity index (χ4v) is 1.60. The van der Waals surface area contributed by atoms with E-state index >= 15 is 0 Å². The van der Waals surface area contributed by atoms with E-state index in [1.165, 1.54) is 0 Å². The van der Waals surface area contributed by atoms with Crippen molar-refractivity contribution in [3.8, 4) is 0 Å². The van der Waals surface area contributed by atoms with Crippen molar-refractivity contribution >= 4 is 21.6 Å². The summed E-state index contributed by atoms with van der Waals surface area (Å²) in [5.74, 6) is 0.992. The van der Waals surface area contributed by atoms with Crippen LogP contribution in [-0.2, 0) is 6.42 Å². The first-order valence-electron chi connectivity index (χ1n) is 3.81. The maximum atomic E-state index is 4.06. The Morgan fingerprint density at radius 3 is 3.08 bits per heavy atom. The van der Waals surface area contributed by atoms with E-state index in [9.17, 15) is 0 Å². The van der Waals surface area contributed by atoms with Crippen LogP contribution in [0.4, 0.5) is 0 Å². The van der Waals surface area contributed by atoms with E-state index in [1.807, 2.05) is 22.7 Å². The fraction of sp³-hybridized carbons (Fsp3) is 0.250. The number of rotatable bonds is 1. The fourth-order valence-electron chi connectivity index (χ4n) is 1.17. The topological polar surface area (TPSA) is 30.2 Å². The van der Waals surface area contributed by atoms with Gasteiger partial charge in [0.15, 0.2) is 5.65 Å². The van der Waals surface area contributed by atoms with E-state index < -0.39 is 0 Å². The predicted molar refractivity (Wildman–Crippen MR) is 50.1 cm³/mol. The number of aromatic nitrogens is 3. The molecule has 12 heavy (non-hydrogen) atoms. The Bertz CT molecular complexity index is 408. The van der Waals surface area contributed by atoms with E-state index in [0.717, 1.165) is 22.4 Å². The molecular weight excluding hydrogens is 218 g/mol. The molecule has 0 aliphatic rings. The van der Waals surface area contributed by atoms with Gasteiger partial charge >= 0.3 is 0 Å². The molecule has 0 aliphatic heterocycles. The maximum Gasteiger partial charge on any atom is 0.175 e. The quantitative estimate of drug-likeness (QED) is 0.744. The highest BCUT2D eigenvalue weighted by molar-refractivity contribution is 9.10. The summed E-state index contributed by atoms with van der Waals surface area (Å²) in [5, 5.41) is 8.11. The third-order valence-electron chi connectivity index (χ3n) is 1.77. The Kier molecular flexibility index (Phi) is 1.84. The van der Waals surface area contributed by atoms with Crippen LogP contribution in [-0.4, -0.2) is 14.6 Å². The lowest BCUT2D eigenvalue weighted by atomic mass is 10.4. The lowest BCUT2D eigenvalue weighted by Gasteiger charge is -1.95. The van der Waals surface area contributed by atoms with Crippen LogP contribution in [0.25, 0.3) is 5.65 Å². The summed E-state index contributed by atoms with van der Waals surface area (Å²) in [6.07, 6.45) is 2.87. The van der Waals surface area contributed by atoms with Crippen LogP contribution in [0.1, 0.15) is 12.7 Å². The molecule has 0 unspecified atom stereocenters. The smallest absolute Gasteiger partial charge is 0.175 e. The largest absolute Gasteiger partial charge is 0.286 e. The average Bonchev–Trinajstić information content (AvgIpc) is 2.49. The van der Waals surface area contributed by atoms with Gasteiger partial charge in [-0.05, 0) is 28.1 Å². The van der Waals surface area contributed by atoms with E-state index in [4.69, 9.17) is 0 Å². The highest BCUT2D eigenvalue weighted by atomic mass is 79.9. The molecule has 0 aliphatic carbocycles. The minimum absolute atomic E-state index is 0.884. The molecule has 2 rings (SSSR count). The van der Waals surface area contributed by atoms with Crippen molar-refractivity contribution < 1.29 is 0 Å². The first kappa shape index (κ1) is 7.73. The van der Waals surface area contributed by atoms with Gasteiger partial charge in [-0.2, -0.15) is 0 Å². The molecule has 4 heteroatoms. The third-order valence-corrected chi connectivity index (χ3v) is 2.39. The first-order chi connectivity index (χ1) is 5.83. The molecule has 0 spiro atoms.